The van der Waals surface area contributed by atoms with Gasteiger partial charge in [-0.2, -0.15) is 0 Å². The van der Waals surface area contributed by atoms with Crippen molar-refractivity contribution in [3.63, 3.8) is 0 Å². The summed E-state index contributed by atoms with van der Waals surface area (Å²) in [6, 6.07) is 10.8. The van der Waals surface area contributed by atoms with Crippen LogP contribution in [0.4, 0.5) is 0 Å². The Morgan fingerprint density at radius 2 is 1.38 bits per heavy atom. The number of allylic oxidation sites excluding steroid dienone is 2. The summed E-state index contributed by atoms with van der Waals surface area (Å²) < 4.78 is 0. The summed E-state index contributed by atoms with van der Waals surface area (Å²) in [7, 11) is 0. The number of likely N-dealkylation sites (tertiary alicyclic amines) is 1. The highest BCUT2D eigenvalue weighted by atomic mass is 16.2. The van der Waals surface area contributed by atoms with Crippen LogP contribution in [0.2, 0.25) is 0 Å². The van der Waals surface area contributed by atoms with Crippen LogP contribution >= 0.6 is 0 Å². The van der Waals surface area contributed by atoms with Gasteiger partial charge in [0.1, 0.15) is 0 Å². The highest BCUT2D eigenvalue weighted by Gasteiger charge is 2.22. The summed E-state index contributed by atoms with van der Waals surface area (Å²) >= 11 is 0. The van der Waals surface area contributed by atoms with Gasteiger partial charge in [-0.25, -0.2) is 0 Å². The topological polar surface area (TPSA) is 20.3 Å². The molecule has 0 N–H and O–H groups in total. The molecule has 1 aromatic rings. The van der Waals surface area contributed by atoms with Crippen molar-refractivity contribution < 1.29 is 4.79 Å². The maximum absolute atomic E-state index is 12.6. The summed E-state index contributed by atoms with van der Waals surface area (Å²) in [6.45, 7) is 4.25. The van der Waals surface area contributed by atoms with Gasteiger partial charge < -0.3 is 4.90 Å². The molecule has 34 heavy (non-hydrogen) atoms. The molecule has 0 spiro atoms. The Kier molecular flexibility index (Phi) is 16.6. The van der Waals surface area contributed by atoms with Crippen LogP contribution in [0.5, 0.6) is 0 Å². The minimum atomic E-state index is 0.403. The summed E-state index contributed by atoms with van der Waals surface area (Å²) in [5, 5.41) is 0. The Balaban J connectivity index is 1.37. The van der Waals surface area contributed by atoms with E-state index in [0.29, 0.717) is 5.91 Å². The third kappa shape index (κ3) is 14.0. The van der Waals surface area contributed by atoms with E-state index in [9.17, 15) is 4.79 Å². The van der Waals surface area contributed by atoms with E-state index in [-0.39, 0.29) is 0 Å². The van der Waals surface area contributed by atoms with Crippen LogP contribution < -0.4 is 0 Å². The number of hydrogen-bond donors (Lipinski definition) is 0. The lowest BCUT2D eigenvalue weighted by Crippen LogP contribution is -2.38. The minimum absolute atomic E-state index is 0.403. The Morgan fingerprint density at radius 3 is 2.03 bits per heavy atom. The first-order valence-corrected chi connectivity index (χ1v) is 14.8. The molecule has 1 heterocycles. The molecule has 2 heteroatoms. The quantitative estimate of drug-likeness (QED) is 0.147. The van der Waals surface area contributed by atoms with Gasteiger partial charge in [0.15, 0.2) is 0 Å². The number of aryl methyl sites for hydroxylation is 1. The molecule has 1 aromatic carbocycles. The molecule has 0 saturated carbocycles. The van der Waals surface area contributed by atoms with E-state index in [4.69, 9.17) is 0 Å². The Bertz CT molecular complexity index is 630. The highest BCUT2D eigenvalue weighted by Crippen LogP contribution is 2.23. The molecule has 0 aromatic heterocycles. The Labute approximate surface area is 211 Å². The second kappa shape index (κ2) is 19.7. The SMILES string of the molecule is CCCCCCCC/C=C/CCCCCCCC(=O)N1CCC(CCCc2ccccc2)CC1. The van der Waals surface area contributed by atoms with Crippen molar-refractivity contribution in [3.05, 3.63) is 48.0 Å². The predicted octanol–water partition coefficient (Wildman–Crippen LogP) is 9.29. The zero-order chi connectivity index (χ0) is 24.1. The van der Waals surface area contributed by atoms with Gasteiger partial charge in [-0.3, -0.25) is 4.79 Å². The van der Waals surface area contributed by atoms with Crippen molar-refractivity contribution in [3.8, 4) is 0 Å². The van der Waals surface area contributed by atoms with Gasteiger partial charge in [0.25, 0.3) is 0 Å². The van der Waals surface area contributed by atoms with Crippen LogP contribution in [0.1, 0.15) is 128 Å². The zero-order valence-corrected chi connectivity index (χ0v) is 22.3. The van der Waals surface area contributed by atoms with E-state index < -0.39 is 0 Å². The molecule has 1 amide bonds. The highest BCUT2D eigenvalue weighted by molar-refractivity contribution is 5.76. The average molecular weight is 468 g/mol. The minimum Gasteiger partial charge on any atom is -0.343 e. The predicted molar refractivity (Wildman–Crippen MR) is 148 cm³/mol. The van der Waals surface area contributed by atoms with Gasteiger partial charge in [-0.05, 0) is 75.7 Å². The Morgan fingerprint density at radius 1 is 0.794 bits per heavy atom. The molecule has 1 saturated heterocycles. The van der Waals surface area contributed by atoms with Crippen molar-refractivity contribution >= 4 is 5.91 Å². The molecular weight excluding hydrogens is 414 g/mol. The molecule has 1 aliphatic rings. The summed E-state index contributed by atoms with van der Waals surface area (Å²) in [5.41, 5.74) is 1.45. The van der Waals surface area contributed by atoms with Crippen molar-refractivity contribution in [2.24, 2.45) is 5.92 Å². The average Bonchev–Trinajstić information content (AvgIpc) is 2.87. The second-order valence-electron chi connectivity index (χ2n) is 10.5. The summed E-state index contributed by atoms with van der Waals surface area (Å²) in [6.07, 6.45) is 28.7. The lowest BCUT2D eigenvalue weighted by atomic mass is 9.90. The molecule has 0 atom stereocenters. The third-order valence-corrected chi connectivity index (χ3v) is 7.54. The number of rotatable bonds is 19. The number of benzene rings is 1. The van der Waals surface area contributed by atoms with Crippen molar-refractivity contribution in [2.75, 3.05) is 13.1 Å². The van der Waals surface area contributed by atoms with Crippen LogP contribution in [0.3, 0.4) is 0 Å². The lowest BCUT2D eigenvalue weighted by molar-refractivity contribution is -0.132. The molecule has 1 fully saturated rings. The molecular formula is C32H53NO. The lowest BCUT2D eigenvalue weighted by Gasteiger charge is -2.32. The van der Waals surface area contributed by atoms with Gasteiger partial charge in [0, 0.05) is 19.5 Å². The van der Waals surface area contributed by atoms with Crippen LogP contribution in [0.25, 0.3) is 0 Å². The van der Waals surface area contributed by atoms with Crippen molar-refractivity contribution in [2.45, 2.75) is 129 Å². The fourth-order valence-electron chi connectivity index (χ4n) is 5.22. The van der Waals surface area contributed by atoms with E-state index in [1.807, 2.05) is 0 Å². The monoisotopic (exact) mass is 467 g/mol. The molecule has 0 bridgehead atoms. The summed E-state index contributed by atoms with van der Waals surface area (Å²) in [4.78, 5) is 14.7. The first-order valence-electron chi connectivity index (χ1n) is 14.8. The molecule has 0 radical (unpaired) electrons. The number of hydrogen-bond acceptors (Lipinski definition) is 1. The third-order valence-electron chi connectivity index (χ3n) is 7.54. The first kappa shape index (κ1) is 28.7. The Hall–Kier alpha value is -1.57. The molecule has 0 aliphatic carbocycles. The number of piperidine rings is 1. The maximum Gasteiger partial charge on any atom is 0.222 e. The molecule has 1 aliphatic heterocycles. The van der Waals surface area contributed by atoms with Crippen molar-refractivity contribution in [1.82, 2.24) is 4.90 Å². The summed E-state index contributed by atoms with van der Waals surface area (Å²) in [5.74, 6) is 1.22. The number of carbonyl (C=O) groups excluding carboxylic acids is 1. The largest absolute Gasteiger partial charge is 0.343 e. The molecule has 0 unspecified atom stereocenters. The van der Waals surface area contributed by atoms with Gasteiger partial charge >= 0.3 is 0 Å². The van der Waals surface area contributed by atoms with E-state index in [1.165, 1.54) is 115 Å². The van der Waals surface area contributed by atoms with E-state index in [1.54, 1.807) is 0 Å². The molecule has 2 nitrogen and oxygen atoms in total. The molecule has 192 valence electrons. The normalized spacial score (nSPS) is 14.8. The van der Waals surface area contributed by atoms with Crippen LogP contribution in [0.15, 0.2) is 42.5 Å². The number of nitrogens with zero attached hydrogens (tertiary/aromatic N) is 1. The number of unbranched alkanes of at least 4 members (excludes halogenated alkanes) is 11. The molecule has 2 rings (SSSR count). The van der Waals surface area contributed by atoms with E-state index in [0.717, 1.165) is 31.8 Å². The van der Waals surface area contributed by atoms with Gasteiger partial charge in [0.2, 0.25) is 5.91 Å². The van der Waals surface area contributed by atoms with E-state index in [2.05, 4.69) is 54.3 Å². The second-order valence-corrected chi connectivity index (χ2v) is 10.5. The van der Waals surface area contributed by atoms with Gasteiger partial charge in [0.05, 0.1) is 0 Å². The number of amides is 1. The maximum atomic E-state index is 12.6. The fraction of sp³-hybridized carbons (Fsp3) is 0.719. The van der Waals surface area contributed by atoms with Gasteiger partial charge in [-0.1, -0.05) is 101 Å². The van der Waals surface area contributed by atoms with Crippen molar-refractivity contribution in [1.29, 1.82) is 0 Å². The zero-order valence-electron chi connectivity index (χ0n) is 22.3. The standard InChI is InChI=1S/C32H53NO/c1-2-3-4-5-6-7-8-9-10-11-12-13-14-15-19-25-32(34)33-28-26-31(27-29-33)24-20-23-30-21-17-16-18-22-30/h9-10,16-18,21-22,31H,2-8,11-15,19-20,23-29H2,1H3/b10-9+. The van der Waals surface area contributed by atoms with Crippen LogP contribution in [-0.2, 0) is 11.2 Å². The van der Waals surface area contributed by atoms with Crippen LogP contribution in [-0.4, -0.2) is 23.9 Å². The first-order chi connectivity index (χ1) is 16.8. The number of carbonyl (C=O) groups is 1. The fourth-order valence-corrected chi connectivity index (χ4v) is 5.22. The smallest absolute Gasteiger partial charge is 0.222 e. The van der Waals surface area contributed by atoms with Crippen LogP contribution in [0, 0.1) is 5.92 Å². The van der Waals surface area contributed by atoms with Gasteiger partial charge in [-0.15, -0.1) is 0 Å². The van der Waals surface area contributed by atoms with E-state index >= 15 is 0 Å².